The summed E-state index contributed by atoms with van der Waals surface area (Å²) in [5.74, 6) is -2.49. The molecule has 0 aromatic heterocycles. The van der Waals surface area contributed by atoms with Crippen molar-refractivity contribution < 1.29 is 29.5 Å². The summed E-state index contributed by atoms with van der Waals surface area (Å²) in [4.78, 5) is 44.5. The minimum absolute atomic E-state index is 0.0185. The zero-order chi connectivity index (χ0) is 16.4. The number of carbonyl (C=O) groups excluding carboxylic acids is 2. The Bertz CT molecular complexity index is 728. The first-order chi connectivity index (χ1) is 10.3. The van der Waals surface area contributed by atoms with Crippen molar-refractivity contribution in [2.75, 3.05) is 6.54 Å². The standard InChI is InChI=1S/C12H8N2O7S/c15-8-2-1-7(14(20)21)3-6(8)4-9-11(18)13(5-10(16)17)12(19)22-9/h1-4,15H,5H2,(H,16,17)/b9-4-. The maximum Gasteiger partial charge on any atom is 0.323 e. The van der Waals surface area contributed by atoms with E-state index in [9.17, 15) is 29.6 Å². The van der Waals surface area contributed by atoms with Gasteiger partial charge in [0.05, 0.1) is 9.83 Å². The number of hydrogen-bond acceptors (Lipinski definition) is 7. The van der Waals surface area contributed by atoms with Crippen molar-refractivity contribution in [1.29, 1.82) is 0 Å². The second kappa shape index (κ2) is 5.85. The van der Waals surface area contributed by atoms with Crippen LogP contribution in [0.2, 0.25) is 0 Å². The summed E-state index contributed by atoms with van der Waals surface area (Å²) in [6.07, 6.45) is 1.11. The molecular formula is C12H8N2O7S. The van der Waals surface area contributed by atoms with Crippen molar-refractivity contribution in [1.82, 2.24) is 4.90 Å². The van der Waals surface area contributed by atoms with E-state index in [4.69, 9.17) is 5.11 Å². The summed E-state index contributed by atoms with van der Waals surface area (Å²) < 4.78 is 0. The van der Waals surface area contributed by atoms with E-state index in [1.54, 1.807) is 0 Å². The maximum atomic E-state index is 11.9. The monoisotopic (exact) mass is 324 g/mol. The molecule has 1 aliphatic heterocycles. The van der Waals surface area contributed by atoms with Gasteiger partial charge in [-0.1, -0.05) is 0 Å². The number of benzene rings is 1. The fraction of sp³-hybridized carbons (Fsp3) is 0.0833. The lowest BCUT2D eigenvalue weighted by Gasteiger charge is -2.07. The molecule has 2 rings (SSSR count). The lowest BCUT2D eigenvalue weighted by molar-refractivity contribution is -0.384. The number of nitrogens with zero attached hydrogens (tertiary/aromatic N) is 2. The zero-order valence-corrected chi connectivity index (χ0v) is 11.6. The third-order valence-electron chi connectivity index (χ3n) is 2.68. The first-order valence-corrected chi connectivity index (χ1v) is 6.56. The van der Waals surface area contributed by atoms with Gasteiger partial charge in [0.25, 0.3) is 16.8 Å². The van der Waals surface area contributed by atoms with Gasteiger partial charge in [0.1, 0.15) is 12.3 Å². The van der Waals surface area contributed by atoms with Gasteiger partial charge in [0.15, 0.2) is 0 Å². The number of rotatable bonds is 4. The highest BCUT2D eigenvalue weighted by Gasteiger charge is 2.36. The number of nitro benzene ring substituents is 1. The van der Waals surface area contributed by atoms with Crippen molar-refractivity contribution in [3.8, 4) is 5.75 Å². The van der Waals surface area contributed by atoms with Crippen molar-refractivity contribution in [3.05, 3.63) is 38.8 Å². The highest BCUT2D eigenvalue weighted by molar-refractivity contribution is 8.18. The molecule has 0 atom stereocenters. The van der Waals surface area contributed by atoms with Crippen molar-refractivity contribution >= 4 is 40.6 Å². The second-order valence-corrected chi connectivity index (χ2v) is 5.16. The van der Waals surface area contributed by atoms with Crippen molar-refractivity contribution in [2.45, 2.75) is 0 Å². The molecule has 0 aliphatic carbocycles. The predicted molar refractivity (Wildman–Crippen MR) is 75.1 cm³/mol. The fourth-order valence-electron chi connectivity index (χ4n) is 1.68. The van der Waals surface area contributed by atoms with Gasteiger partial charge in [-0.3, -0.25) is 29.4 Å². The number of amides is 2. The number of phenols is 1. The average molecular weight is 324 g/mol. The second-order valence-electron chi connectivity index (χ2n) is 4.16. The van der Waals surface area contributed by atoms with E-state index in [0.29, 0.717) is 16.7 Å². The van der Waals surface area contributed by atoms with E-state index < -0.39 is 28.6 Å². The fourth-order valence-corrected chi connectivity index (χ4v) is 2.51. The van der Waals surface area contributed by atoms with Crippen LogP contribution < -0.4 is 0 Å². The molecule has 1 saturated heterocycles. The van der Waals surface area contributed by atoms with Crippen LogP contribution in [0.5, 0.6) is 5.75 Å². The van der Waals surface area contributed by atoms with Crippen molar-refractivity contribution in [3.63, 3.8) is 0 Å². The van der Waals surface area contributed by atoms with E-state index in [2.05, 4.69) is 0 Å². The quantitative estimate of drug-likeness (QED) is 0.481. The first kappa shape index (κ1) is 15.5. The molecule has 1 fully saturated rings. The number of carboxylic acids is 1. The maximum absolute atomic E-state index is 11.9. The lowest BCUT2D eigenvalue weighted by Crippen LogP contribution is -2.33. The Morgan fingerprint density at radius 2 is 2.09 bits per heavy atom. The SMILES string of the molecule is O=C(O)CN1C(=O)S/C(=C\c2cc([N+](=O)[O-])ccc2O)C1=O. The van der Waals surface area contributed by atoms with Crippen LogP contribution in [0.1, 0.15) is 5.56 Å². The average Bonchev–Trinajstić information content (AvgIpc) is 2.68. The number of thioether (sulfide) groups is 1. The van der Waals surface area contributed by atoms with E-state index in [1.165, 1.54) is 0 Å². The first-order valence-electron chi connectivity index (χ1n) is 5.74. The summed E-state index contributed by atoms with van der Waals surface area (Å²) >= 11 is 0.496. The van der Waals surface area contributed by atoms with E-state index in [-0.39, 0.29) is 21.9 Å². The highest BCUT2D eigenvalue weighted by atomic mass is 32.2. The van der Waals surface area contributed by atoms with Crippen molar-refractivity contribution in [2.24, 2.45) is 0 Å². The van der Waals surface area contributed by atoms with Crippen LogP contribution in [0.25, 0.3) is 6.08 Å². The molecule has 0 spiro atoms. The molecule has 1 aliphatic rings. The number of imide groups is 1. The molecule has 1 aromatic rings. The summed E-state index contributed by atoms with van der Waals surface area (Å²) in [6, 6.07) is 3.22. The highest BCUT2D eigenvalue weighted by Crippen LogP contribution is 2.34. The number of aromatic hydroxyl groups is 1. The third kappa shape index (κ3) is 3.06. The van der Waals surface area contributed by atoms with Gasteiger partial charge in [0.2, 0.25) is 0 Å². The Balaban J connectivity index is 2.36. The molecule has 9 nitrogen and oxygen atoms in total. The molecule has 10 heteroatoms. The number of phenolic OH excluding ortho intramolecular Hbond substituents is 1. The summed E-state index contributed by atoms with van der Waals surface area (Å²) in [7, 11) is 0. The minimum atomic E-state index is -1.35. The van der Waals surface area contributed by atoms with Crippen LogP contribution in [-0.4, -0.2) is 43.7 Å². The van der Waals surface area contributed by atoms with Gasteiger partial charge in [-0.05, 0) is 23.9 Å². The topological polar surface area (TPSA) is 138 Å². The molecule has 114 valence electrons. The predicted octanol–water partition coefficient (Wildman–Crippen LogP) is 1.42. The largest absolute Gasteiger partial charge is 0.507 e. The minimum Gasteiger partial charge on any atom is -0.507 e. The molecule has 1 heterocycles. The number of aliphatic carboxylic acids is 1. The van der Waals surface area contributed by atoms with E-state index in [0.717, 1.165) is 24.3 Å². The number of non-ortho nitro benzene ring substituents is 1. The van der Waals surface area contributed by atoms with Gasteiger partial charge in [-0.15, -0.1) is 0 Å². The molecule has 22 heavy (non-hydrogen) atoms. The Morgan fingerprint density at radius 1 is 1.41 bits per heavy atom. The summed E-state index contributed by atoms with van der Waals surface area (Å²) in [5, 5.41) is 28.2. The molecule has 0 bridgehead atoms. The molecule has 0 radical (unpaired) electrons. The van der Waals surface area contributed by atoms with Crippen LogP contribution in [-0.2, 0) is 9.59 Å². The molecule has 1 aromatic carbocycles. The van der Waals surface area contributed by atoms with Gasteiger partial charge in [-0.2, -0.15) is 0 Å². The molecular weight excluding hydrogens is 316 g/mol. The van der Waals surface area contributed by atoms with E-state index in [1.807, 2.05) is 0 Å². The molecule has 2 amide bonds. The number of hydrogen-bond donors (Lipinski definition) is 2. The Labute approximate surface area is 127 Å². The van der Waals surface area contributed by atoms with Crippen LogP contribution in [0, 0.1) is 10.1 Å². The van der Waals surface area contributed by atoms with Crippen LogP contribution in [0.3, 0.4) is 0 Å². The van der Waals surface area contributed by atoms with E-state index >= 15 is 0 Å². The number of carbonyl (C=O) groups is 3. The van der Waals surface area contributed by atoms with Gasteiger partial charge in [0, 0.05) is 17.7 Å². The Hall–Kier alpha value is -2.88. The Morgan fingerprint density at radius 3 is 2.68 bits per heavy atom. The third-order valence-corrected chi connectivity index (χ3v) is 3.58. The normalized spacial score (nSPS) is 16.4. The van der Waals surface area contributed by atoms with Gasteiger partial charge in [-0.25, -0.2) is 0 Å². The molecule has 0 saturated carbocycles. The molecule has 2 N–H and O–H groups in total. The van der Waals surface area contributed by atoms with Gasteiger partial charge >= 0.3 is 5.97 Å². The van der Waals surface area contributed by atoms with Crippen LogP contribution in [0.4, 0.5) is 10.5 Å². The number of nitro groups is 1. The van der Waals surface area contributed by atoms with Crippen LogP contribution in [0.15, 0.2) is 23.1 Å². The molecule has 0 unspecified atom stereocenters. The van der Waals surface area contributed by atoms with Gasteiger partial charge < -0.3 is 10.2 Å². The lowest BCUT2D eigenvalue weighted by atomic mass is 10.1. The number of carboxylic acid groups (broad SMARTS) is 1. The summed E-state index contributed by atoms with van der Waals surface area (Å²) in [6.45, 7) is -0.775. The zero-order valence-electron chi connectivity index (χ0n) is 10.8. The van der Waals surface area contributed by atoms with Crippen LogP contribution >= 0.6 is 11.8 Å². The smallest absolute Gasteiger partial charge is 0.323 e. The summed E-state index contributed by atoms with van der Waals surface area (Å²) in [5.41, 5.74) is -0.316. The Kier molecular flexibility index (Phi) is 4.13.